The zero-order valence-electron chi connectivity index (χ0n) is 7.48. The monoisotopic (exact) mass is 207 g/mol. The van der Waals surface area contributed by atoms with Crippen molar-refractivity contribution in [1.82, 2.24) is 10.2 Å². The molecule has 0 aliphatic heterocycles. The van der Waals surface area contributed by atoms with Gasteiger partial charge < -0.3 is 0 Å². The molecule has 1 N–H and O–H groups in total. The summed E-state index contributed by atoms with van der Waals surface area (Å²) in [5.41, 5.74) is 0.444. The summed E-state index contributed by atoms with van der Waals surface area (Å²) in [6.45, 7) is 0. The molecule has 0 amide bonds. The SMILES string of the molecule is O=[N+]([O-])c1cn[nH]c1-c1cccc(F)c1. The highest BCUT2D eigenvalue weighted by Gasteiger charge is 2.17. The molecule has 2 aromatic rings. The van der Waals surface area contributed by atoms with Crippen molar-refractivity contribution < 1.29 is 9.31 Å². The van der Waals surface area contributed by atoms with Crippen LogP contribution < -0.4 is 0 Å². The maximum absolute atomic E-state index is 12.9. The van der Waals surface area contributed by atoms with Crippen LogP contribution in [0.25, 0.3) is 11.3 Å². The number of nitrogens with zero attached hydrogens (tertiary/aromatic N) is 2. The molecule has 0 aliphatic rings. The minimum absolute atomic E-state index is 0.166. The first-order valence-corrected chi connectivity index (χ1v) is 4.12. The van der Waals surface area contributed by atoms with Gasteiger partial charge in [-0.15, -0.1) is 0 Å². The van der Waals surface area contributed by atoms with Crippen LogP contribution in [0.3, 0.4) is 0 Å². The van der Waals surface area contributed by atoms with E-state index in [9.17, 15) is 14.5 Å². The Morgan fingerprint density at radius 3 is 2.93 bits per heavy atom. The van der Waals surface area contributed by atoms with Crippen LogP contribution in [0.4, 0.5) is 10.1 Å². The number of aromatic nitrogens is 2. The molecule has 76 valence electrons. The number of nitro groups is 1. The van der Waals surface area contributed by atoms with Gasteiger partial charge in [0.15, 0.2) is 0 Å². The summed E-state index contributed by atoms with van der Waals surface area (Å²) in [4.78, 5) is 10.0. The van der Waals surface area contributed by atoms with Crippen LogP contribution >= 0.6 is 0 Å². The molecule has 1 heterocycles. The van der Waals surface area contributed by atoms with Gasteiger partial charge in [0.25, 0.3) is 0 Å². The second-order valence-electron chi connectivity index (χ2n) is 2.90. The predicted octanol–water partition coefficient (Wildman–Crippen LogP) is 2.12. The van der Waals surface area contributed by atoms with Crippen molar-refractivity contribution in [1.29, 1.82) is 0 Å². The van der Waals surface area contributed by atoms with Gasteiger partial charge in [-0.05, 0) is 12.1 Å². The molecule has 0 aliphatic carbocycles. The molecule has 5 nitrogen and oxygen atoms in total. The van der Waals surface area contributed by atoms with E-state index in [1.165, 1.54) is 18.2 Å². The van der Waals surface area contributed by atoms with E-state index in [1.807, 2.05) is 0 Å². The fourth-order valence-corrected chi connectivity index (χ4v) is 1.27. The highest BCUT2D eigenvalue weighted by Crippen LogP contribution is 2.26. The number of hydrogen-bond donors (Lipinski definition) is 1. The molecule has 1 aromatic heterocycles. The van der Waals surface area contributed by atoms with E-state index >= 15 is 0 Å². The smallest absolute Gasteiger partial charge is 0.271 e. The molecule has 2 rings (SSSR count). The van der Waals surface area contributed by atoms with Crippen molar-refractivity contribution in [3.05, 3.63) is 46.4 Å². The Morgan fingerprint density at radius 1 is 1.47 bits per heavy atom. The fourth-order valence-electron chi connectivity index (χ4n) is 1.27. The van der Waals surface area contributed by atoms with Gasteiger partial charge in [-0.3, -0.25) is 15.2 Å². The topological polar surface area (TPSA) is 71.8 Å². The lowest BCUT2D eigenvalue weighted by atomic mass is 10.1. The number of rotatable bonds is 2. The highest BCUT2D eigenvalue weighted by atomic mass is 19.1. The minimum atomic E-state index is -0.566. The highest BCUT2D eigenvalue weighted by molar-refractivity contribution is 5.68. The van der Waals surface area contributed by atoms with E-state index in [0.29, 0.717) is 5.56 Å². The van der Waals surface area contributed by atoms with Crippen molar-refractivity contribution >= 4 is 5.69 Å². The van der Waals surface area contributed by atoms with Gasteiger partial charge >= 0.3 is 5.69 Å². The lowest BCUT2D eigenvalue weighted by Crippen LogP contribution is -1.89. The molecule has 0 atom stereocenters. The van der Waals surface area contributed by atoms with Crippen LogP contribution in [-0.4, -0.2) is 15.1 Å². The van der Waals surface area contributed by atoms with E-state index in [-0.39, 0.29) is 11.4 Å². The number of aromatic amines is 1. The van der Waals surface area contributed by atoms with E-state index in [0.717, 1.165) is 6.20 Å². The Bertz CT molecular complexity index is 510. The second kappa shape index (κ2) is 3.49. The number of nitrogens with one attached hydrogen (secondary N) is 1. The van der Waals surface area contributed by atoms with Crippen molar-refractivity contribution in [2.45, 2.75) is 0 Å². The summed E-state index contributed by atoms with van der Waals surface area (Å²) in [6, 6.07) is 5.53. The molecular formula is C9H6FN3O2. The Labute approximate surface area is 83.7 Å². The first kappa shape index (κ1) is 9.32. The van der Waals surface area contributed by atoms with Crippen LogP contribution in [0, 0.1) is 15.9 Å². The van der Waals surface area contributed by atoms with E-state index in [1.54, 1.807) is 6.07 Å². The van der Waals surface area contributed by atoms with Crippen molar-refractivity contribution in [3.63, 3.8) is 0 Å². The Balaban J connectivity index is 2.54. The van der Waals surface area contributed by atoms with Crippen LogP contribution in [0.15, 0.2) is 30.5 Å². The van der Waals surface area contributed by atoms with Crippen LogP contribution in [0.1, 0.15) is 0 Å². The van der Waals surface area contributed by atoms with Crippen LogP contribution in [0.2, 0.25) is 0 Å². The normalized spacial score (nSPS) is 10.2. The molecule has 0 bridgehead atoms. The van der Waals surface area contributed by atoms with Gasteiger partial charge in [-0.25, -0.2) is 4.39 Å². The van der Waals surface area contributed by atoms with Gasteiger partial charge in [0, 0.05) is 5.56 Å². The third kappa shape index (κ3) is 1.69. The van der Waals surface area contributed by atoms with Gasteiger partial charge in [0.1, 0.15) is 17.7 Å². The second-order valence-corrected chi connectivity index (χ2v) is 2.90. The number of hydrogen-bond acceptors (Lipinski definition) is 3. The third-order valence-corrected chi connectivity index (χ3v) is 1.93. The molecule has 0 spiro atoms. The molecule has 0 radical (unpaired) electrons. The molecule has 6 heteroatoms. The Hall–Kier alpha value is -2.24. The fraction of sp³-hybridized carbons (Fsp3) is 0. The quantitative estimate of drug-likeness (QED) is 0.605. The van der Waals surface area contributed by atoms with Gasteiger partial charge in [0.05, 0.1) is 4.92 Å². The van der Waals surface area contributed by atoms with E-state index in [2.05, 4.69) is 10.2 Å². The van der Waals surface area contributed by atoms with E-state index < -0.39 is 10.7 Å². The standard InChI is InChI=1S/C9H6FN3O2/c10-7-3-1-2-6(4-7)9-8(13(14)15)5-11-12-9/h1-5H,(H,11,12). The summed E-state index contributed by atoms with van der Waals surface area (Å²) in [6.07, 6.45) is 1.10. The Kier molecular flexibility index (Phi) is 2.17. The summed E-state index contributed by atoms with van der Waals surface area (Å²) in [5, 5.41) is 16.6. The van der Waals surface area contributed by atoms with Gasteiger partial charge in [0.2, 0.25) is 0 Å². The van der Waals surface area contributed by atoms with Crippen LogP contribution in [0.5, 0.6) is 0 Å². The number of benzene rings is 1. The molecule has 0 saturated carbocycles. The number of halogens is 1. The molecule has 0 saturated heterocycles. The largest absolute Gasteiger partial charge is 0.314 e. The lowest BCUT2D eigenvalue weighted by molar-refractivity contribution is -0.384. The average Bonchev–Trinajstić information content (AvgIpc) is 2.65. The van der Waals surface area contributed by atoms with Crippen molar-refractivity contribution in [2.75, 3.05) is 0 Å². The van der Waals surface area contributed by atoms with Gasteiger partial charge in [-0.2, -0.15) is 5.10 Å². The molecule has 15 heavy (non-hydrogen) atoms. The third-order valence-electron chi connectivity index (χ3n) is 1.93. The molecule has 0 unspecified atom stereocenters. The summed E-state index contributed by atoms with van der Waals surface area (Å²) < 4.78 is 12.9. The molecular weight excluding hydrogens is 201 g/mol. The maximum Gasteiger partial charge on any atom is 0.314 e. The van der Waals surface area contributed by atoms with Crippen molar-refractivity contribution in [2.24, 2.45) is 0 Å². The predicted molar refractivity (Wildman–Crippen MR) is 50.6 cm³/mol. The number of H-pyrrole nitrogens is 1. The Morgan fingerprint density at radius 2 is 2.27 bits per heavy atom. The molecule has 1 aromatic carbocycles. The zero-order chi connectivity index (χ0) is 10.8. The maximum atomic E-state index is 12.9. The first-order valence-electron chi connectivity index (χ1n) is 4.12. The zero-order valence-corrected chi connectivity index (χ0v) is 7.48. The van der Waals surface area contributed by atoms with Crippen molar-refractivity contribution in [3.8, 4) is 11.3 Å². The average molecular weight is 207 g/mol. The minimum Gasteiger partial charge on any atom is -0.271 e. The summed E-state index contributed by atoms with van der Waals surface area (Å²) >= 11 is 0. The lowest BCUT2D eigenvalue weighted by Gasteiger charge is -1.97. The van der Waals surface area contributed by atoms with Gasteiger partial charge in [-0.1, -0.05) is 12.1 Å². The molecule has 0 fully saturated rings. The van der Waals surface area contributed by atoms with Crippen LogP contribution in [-0.2, 0) is 0 Å². The summed E-state index contributed by atoms with van der Waals surface area (Å²) in [7, 11) is 0. The first-order chi connectivity index (χ1) is 7.18. The summed E-state index contributed by atoms with van der Waals surface area (Å²) in [5.74, 6) is -0.448. The van der Waals surface area contributed by atoms with E-state index in [4.69, 9.17) is 0 Å².